The molecule has 0 aliphatic heterocycles. The summed E-state index contributed by atoms with van der Waals surface area (Å²) < 4.78 is 5.64. The molecule has 0 saturated carbocycles. The summed E-state index contributed by atoms with van der Waals surface area (Å²) in [5.74, 6) is 1.46. The summed E-state index contributed by atoms with van der Waals surface area (Å²) in [5.41, 5.74) is 2.45. The van der Waals surface area contributed by atoms with E-state index in [2.05, 4.69) is 16.8 Å². The first-order chi connectivity index (χ1) is 7.88. The second-order valence-electron chi connectivity index (χ2n) is 3.51. The maximum absolute atomic E-state index is 5.71. The highest BCUT2D eigenvalue weighted by atomic mass is 35.5. The Morgan fingerprint density at radius 1 is 1.06 bits per heavy atom. The van der Waals surface area contributed by atoms with Crippen LogP contribution in [-0.4, -0.2) is 6.61 Å². The van der Waals surface area contributed by atoms with Crippen molar-refractivity contribution >= 4 is 22.9 Å². The fourth-order valence-corrected chi connectivity index (χ4v) is 2.28. The number of ether oxygens (including phenoxy) is 1. The van der Waals surface area contributed by atoms with E-state index in [4.69, 9.17) is 16.3 Å². The lowest BCUT2D eigenvalue weighted by Crippen LogP contribution is -2.00. The molecule has 1 nitrogen and oxygen atoms in total. The maximum Gasteiger partial charge on any atom is 0.119 e. The van der Waals surface area contributed by atoms with Gasteiger partial charge in [0.2, 0.25) is 0 Å². The molecule has 2 aromatic rings. The topological polar surface area (TPSA) is 9.23 Å². The van der Waals surface area contributed by atoms with Crippen molar-refractivity contribution in [3.05, 3.63) is 52.2 Å². The van der Waals surface area contributed by atoms with E-state index >= 15 is 0 Å². The first kappa shape index (κ1) is 11.5. The zero-order chi connectivity index (χ0) is 11.2. The van der Waals surface area contributed by atoms with E-state index in [9.17, 15) is 0 Å². The van der Waals surface area contributed by atoms with Gasteiger partial charge >= 0.3 is 0 Å². The van der Waals surface area contributed by atoms with Gasteiger partial charge in [-0.25, -0.2) is 0 Å². The van der Waals surface area contributed by atoms with E-state index in [1.807, 2.05) is 24.3 Å². The number of hydrogen-bond donors (Lipinski definition) is 0. The van der Waals surface area contributed by atoms with Crippen LogP contribution in [0.5, 0.6) is 5.75 Å². The van der Waals surface area contributed by atoms with Gasteiger partial charge < -0.3 is 4.74 Å². The molecular formula is C13H13ClOS. The minimum atomic E-state index is 0.551. The summed E-state index contributed by atoms with van der Waals surface area (Å²) in [6, 6.07) is 10.0. The van der Waals surface area contributed by atoms with E-state index in [-0.39, 0.29) is 0 Å². The summed E-state index contributed by atoms with van der Waals surface area (Å²) in [5, 5.41) is 4.24. The van der Waals surface area contributed by atoms with Crippen LogP contribution >= 0.6 is 22.9 Å². The Kier molecular flexibility index (Phi) is 4.25. The summed E-state index contributed by atoms with van der Waals surface area (Å²) in [6.45, 7) is 0.719. The number of hydrogen-bond acceptors (Lipinski definition) is 2. The molecule has 3 heteroatoms. The number of rotatable bonds is 5. The molecule has 0 bridgehead atoms. The lowest BCUT2D eigenvalue weighted by Gasteiger charge is -2.05. The number of alkyl halides is 1. The van der Waals surface area contributed by atoms with Gasteiger partial charge in [-0.15, -0.1) is 11.6 Å². The zero-order valence-corrected chi connectivity index (χ0v) is 10.4. The molecule has 0 unspecified atom stereocenters. The van der Waals surface area contributed by atoms with Crippen LogP contribution < -0.4 is 4.74 Å². The highest BCUT2D eigenvalue weighted by Gasteiger charge is 1.96. The van der Waals surface area contributed by atoms with Crippen LogP contribution in [0.4, 0.5) is 0 Å². The van der Waals surface area contributed by atoms with E-state index in [0.29, 0.717) is 5.88 Å². The second kappa shape index (κ2) is 5.92. The third-order valence-corrected chi connectivity index (χ3v) is 3.36. The molecule has 0 aliphatic rings. The van der Waals surface area contributed by atoms with Crippen molar-refractivity contribution in [3.8, 4) is 5.75 Å². The average molecular weight is 253 g/mol. The summed E-state index contributed by atoms with van der Waals surface area (Å²) in [7, 11) is 0. The maximum atomic E-state index is 5.71. The van der Waals surface area contributed by atoms with Gasteiger partial charge in [-0.2, -0.15) is 11.3 Å². The first-order valence-electron chi connectivity index (χ1n) is 5.17. The number of halogens is 1. The van der Waals surface area contributed by atoms with Crippen LogP contribution in [0.3, 0.4) is 0 Å². The van der Waals surface area contributed by atoms with E-state index < -0.39 is 0 Å². The van der Waals surface area contributed by atoms with Gasteiger partial charge in [0, 0.05) is 12.3 Å². The molecule has 0 fully saturated rings. The van der Waals surface area contributed by atoms with Crippen LogP contribution in [0, 0.1) is 0 Å². The van der Waals surface area contributed by atoms with Crippen LogP contribution in [0.1, 0.15) is 11.1 Å². The molecule has 0 saturated heterocycles. The van der Waals surface area contributed by atoms with Crippen LogP contribution in [0.25, 0.3) is 0 Å². The van der Waals surface area contributed by atoms with Crippen molar-refractivity contribution in [2.45, 2.75) is 12.3 Å². The quantitative estimate of drug-likeness (QED) is 0.728. The van der Waals surface area contributed by atoms with Gasteiger partial charge in [0.25, 0.3) is 0 Å². The molecule has 0 aliphatic carbocycles. The molecule has 0 radical (unpaired) electrons. The molecule has 0 spiro atoms. The lowest BCUT2D eigenvalue weighted by atomic mass is 10.2. The molecule has 84 valence electrons. The van der Waals surface area contributed by atoms with Gasteiger partial charge in [0.15, 0.2) is 0 Å². The van der Waals surface area contributed by atoms with Gasteiger partial charge in [0.05, 0.1) is 6.61 Å². The van der Waals surface area contributed by atoms with Crippen LogP contribution in [0.15, 0.2) is 41.1 Å². The fraction of sp³-hybridized carbons (Fsp3) is 0.231. The summed E-state index contributed by atoms with van der Waals surface area (Å²) >= 11 is 7.43. The Bertz CT molecular complexity index is 408. The highest BCUT2D eigenvalue weighted by Crippen LogP contribution is 2.14. The Morgan fingerprint density at radius 2 is 1.88 bits per heavy atom. The highest BCUT2D eigenvalue weighted by molar-refractivity contribution is 7.07. The third-order valence-electron chi connectivity index (χ3n) is 2.32. The van der Waals surface area contributed by atoms with Crippen molar-refractivity contribution in [1.82, 2.24) is 0 Å². The Balaban J connectivity index is 1.81. The van der Waals surface area contributed by atoms with Crippen molar-refractivity contribution < 1.29 is 4.74 Å². The number of thiophene rings is 1. The standard InChI is InChI=1S/C13H13ClOS/c14-9-11-1-3-13(4-2-11)15-7-5-12-6-8-16-10-12/h1-4,6,8,10H,5,7,9H2. The first-order valence-corrected chi connectivity index (χ1v) is 6.65. The third kappa shape index (κ3) is 3.26. The predicted molar refractivity (Wildman–Crippen MR) is 69.5 cm³/mol. The van der Waals surface area contributed by atoms with E-state index in [1.54, 1.807) is 11.3 Å². The van der Waals surface area contributed by atoms with Crippen molar-refractivity contribution in [2.24, 2.45) is 0 Å². The van der Waals surface area contributed by atoms with Crippen LogP contribution in [0.2, 0.25) is 0 Å². The summed E-state index contributed by atoms with van der Waals surface area (Å²) in [6.07, 6.45) is 0.959. The molecule has 0 atom stereocenters. The normalized spacial score (nSPS) is 10.3. The Morgan fingerprint density at radius 3 is 2.50 bits per heavy atom. The molecule has 0 amide bonds. The SMILES string of the molecule is ClCc1ccc(OCCc2ccsc2)cc1. The lowest BCUT2D eigenvalue weighted by molar-refractivity contribution is 0.322. The average Bonchev–Trinajstić information content (AvgIpc) is 2.83. The molecule has 2 rings (SSSR count). The van der Waals surface area contributed by atoms with Gasteiger partial charge in [-0.05, 0) is 40.1 Å². The molecular weight excluding hydrogens is 240 g/mol. The minimum Gasteiger partial charge on any atom is -0.493 e. The second-order valence-corrected chi connectivity index (χ2v) is 4.55. The van der Waals surface area contributed by atoms with Crippen molar-refractivity contribution in [1.29, 1.82) is 0 Å². The number of benzene rings is 1. The van der Waals surface area contributed by atoms with Crippen molar-refractivity contribution in [3.63, 3.8) is 0 Å². The van der Waals surface area contributed by atoms with Crippen LogP contribution in [-0.2, 0) is 12.3 Å². The molecule has 0 N–H and O–H groups in total. The fourth-order valence-electron chi connectivity index (χ4n) is 1.40. The Labute approximate surface area is 105 Å². The van der Waals surface area contributed by atoms with E-state index in [1.165, 1.54) is 5.56 Å². The van der Waals surface area contributed by atoms with Gasteiger partial charge in [-0.3, -0.25) is 0 Å². The Hall–Kier alpha value is -0.990. The van der Waals surface area contributed by atoms with Crippen molar-refractivity contribution in [2.75, 3.05) is 6.61 Å². The molecule has 1 aromatic heterocycles. The predicted octanol–water partition coefficient (Wildman–Crippen LogP) is 4.11. The molecule has 1 aromatic carbocycles. The summed E-state index contributed by atoms with van der Waals surface area (Å²) in [4.78, 5) is 0. The minimum absolute atomic E-state index is 0.551. The monoisotopic (exact) mass is 252 g/mol. The molecule has 16 heavy (non-hydrogen) atoms. The van der Waals surface area contributed by atoms with Gasteiger partial charge in [0.1, 0.15) is 5.75 Å². The zero-order valence-electron chi connectivity index (χ0n) is 8.86. The smallest absolute Gasteiger partial charge is 0.119 e. The largest absolute Gasteiger partial charge is 0.493 e. The van der Waals surface area contributed by atoms with Gasteiger partial charge in [-0.1, -0.05) is 12.1 Å². The van der Waals surface area contributed by atoms with E-state index in [0.717, 1.165) is 24.3 Å². The molecule has 1 heterocycles.